The van der Waals surface area contributed by atoms with Gasteiger partial charge in [-0.05, 0) is 29.7 Å². The van der Waals surface area contributed by atoms with Crippen LogP contribution in [0, 0.1) is 6.92 Å². The first-order valence-corrected chi connectivity index (χ1v) is 9.07. The predicted molar refractivity (Wildman–Crippen MR) is 105 cm³/mol. The summed E-state index contributed by atoms with van der Waals surface area (Å²) in [5.74, 6) is 0.101. The maximum absolute atomic E-state index is 15.6. The van der Waals surface area contributed by atoms with Gasteiger partial charge in [0.1, 0.15) is 29.3 Å². The minimum Gasteiger partial charge on any atom is -0.384 e. The number of aromatic nitrogens is 3. The Labute approximate surface area is 164 Å². The second kappa shape index (κ2) is 5.87. The van der Waals surface area contributed by atoms with Crippen LogP contribution in [-0.4, -0.2) is 20.4 Å². The van der Waals surface area contributed by atoms with Crippen molar-refractivity contribution in [1.29, 1.82) is 0 Å². The summed E-state index contributed by atoms with van der Waals surface area (Å²) in [6.45, 7) is 1.71. The van der Waals surface area contributed by atoms with Crippen LogP contribution in [0.5, 0.6) is 0 Å². The van der Waals surface area contributed by atoms with Gasteiger partial charge in [0.25, 0.3) is 11.5 Å². The molecule has 146 valence electrons. The summed E-state index contributed by atoms with van der Waals surface area (Å²) in [6, 6.07) is 10.1. The lowest BCUT2D eigenvalue weighted by atomic mass is 10.1. The number of carbonyl (C=O) groups excluding carboxylic acids is 1. The molecule has 9 heteroatoms. The molecule has 3 aromatic rings. The highest BCUT2D eigenvalue weighted by Crippen LogP contribution is 2.47. The van der Waals surface area contributed by atoms with Crippen LogP contribution < -0.4 is 21.9 Å². The number of benzene rings is 1. The van der Waals surface area contributed by atoms with Crippen LogP contribution in [0.25, 0.3) is 0 Å². The highest BCUT2D eigenvalue weighted by molar-refractivity contribution is 5.97. The van der Waals surface area contributed by atoms with Crippen LogP contribution in [0.1, 0.15) is 33.4 Å². The molecule has 29 heavy (non-hydrogen) atoms. The molecule has 2 atom stereocenters. The number of nitrogen functional groups attached to an aromatic ring is 1. The number of fused-ring (bicyclic) bond motifs is 3. The molecule has 0 saturated heterocycles. The first-order valence-electron chi connectivity index (χ1n) is 9.07. The highest BCUT2D eigenvalue weighted by atomic mass is 19.1. The van der Waals surface area contributed by atoms with E-state index in [-0.39, 0.29) is 23.6 Å². The van der Waals surface area contributed by atoms with E-state index >= 15 is 4.39 Å². The smallest absolute Gasteiger partial charge is 0.276 e. The van der Waals surface area contributed by atoms with Gasteiger partial charge in [0.05, 0.1) is 0 Å². The molecule has 2 unspecified atom stereocenters. The molecule has 1 amide bonds. The molecule has 8 nitrogen and oxygen atoms in total. The lowest BCUT2D eigenvalue weighted by molar-refractivity contribution is 0.0786. The summed E-state index contributed by atoms with van der Waals surface area (Å²) in [4.78, 5) is 34.0. The number of alkyl halides is 1. The first kappa shape index (κ1) is 17.4. The molecule has 4 N–H and O–H groups in total. The number of anilines is 3. The van der Waals surface area contributed by atoms with E-state index in [0.29, 0.717) is 16.9 Å². The van der Waals surface area contributed by atoms with Gasteiger partial charge >= 0.3 is 0 Å². The van der Waals surface area contributed by atoms with E-state index in [2.05, 4.69) is 20.6 Å². The first-order chi connectivity index (χ1) is 13.9. The number of pyridine rings is 1. The Bertz CT molecular complexity index is 1240. The van der Waals surface area contributed by atoms with Gasteiger partial charge < -0.3 is 16.4 Å². The Morgan fingerprint density at radius 2 is 2.07 bits per heavy atom. The molecule has 1 aliphatic carbocycles. The van der Waals surface area contributed by atoms with Crippen LogP contribution in [-0.2, 0) is 12.1 Å². The van der Waals surface area contributed by atoms with Gasteiger partial charge in [-0.2, -0.15) is 0 Å². The minimum absolute atomic E-state index is 0.165. The van der Waals surface area contributed by atoms with Gasteiger partial charge in [0.15, 0.2) is 11.8 Å². The largest absolute Gasteiger partial charge is 0.384 e. The number of hydrogen-bond acceptors (Lipinski definition) is 6. The molecule has 1 aliphatic heterocycles. The second-order valence-electron chi connectivity index (χ2n) is 7.30. The standard InChI is InChI=1S/C20H17FN6O2/c1-10-6-13(25-15-7-14(22)23-9-24-15)19(29)27-16(10)18(28)26-20(27)8-11-4-2-3-5-12(11)17(20)21/h2-7,9,17H,8H2,1H3,(H,26,28)(H3,22,23,24,25). The highest BCUT2D eigenvalue weighted by Gasteiger charge is 2.55. The van der Waals surface area contributed by atoms with Crippen molar-refractivity contribution in [2.75, 3.05) is 11.1 Å². The van der Waals surface area contributed by atoms with Crippen LogP contribution in [0.15, 0.2) is 47.5 Å². The maximum Gasteiger partial charge on any atom is 0.276 e. The molecule has 0 saturated carbocycles. The zero-order valence-corrected chi connectivity index (χ0v) is 15.4. The quantitative estimate of drug-likeness (QED) is 0.614. The fourth-order valence-corrected chi connectivity index (χ4v) is 4.27. The zero-order valence-electron chi connectivity index (χ0n) is 15.4. The summed E-state index contributed by atoms with van der Waals surface area (Å²) < 4.78 is 16.9. The van der Waals surface area contributed by atoms with E-state index in [1.54, 1.807) is 25.1 Å². The topological polar surface area (TPSA) is 115 Å². The molecule has 1 aromatic carbocycles. The third-order valence-corrected chi connectivity index (χ3v) is 5.49. The van der Waals surface area contributed by atoms with E-state index < -0.39 is 23.3 Å². The molecule has 5 rings (SSSR count). The summed E-state index contributed by atoms with van der Waals surface area (Å²) in [5.41, 5.74) is 5.79. The van der Waals surface area contributed by atoms with E-state index in [1.807, 2.05) is 12.1 Å². The number of nitrogens with two attached hydrogens (primary N) is 1. The molecule has 2 aromatic heterocycles. The lowest BCUT2D eigenvalue weighted by Gasteiger charge is -2.29. The van der Waals surface area contributed by atoms with Crippen molar-refractivity contribution in [3.05, 3.63) is 75.5 Å². The molecular weight excluding hydrogens is 375 g/mol. The number of nitrogens with one attached hydrogen (secondary N) is 2. The SMILES string of the molecule is Cc1cc(Nc2cc(N)ncn2)c(=O)n2c1C(=O)NC21Cc2ccccc2C1F. The van der Waals surface area contributed by atoms with E-state index in [9.17, 15) is 9.59 Å². The summed E-state index contributed by atoms with van der Waals surface area (Å²) >= 11 is 0. The predicted octanol–water partition coefficient (Wildman–Crippen LogP) is 1.94. The Morgan fingerprint density at radius 3 is 2.83 bits per heavy atom. The van der Waals surface area contributed by atoms with Gasteiger partial charge in [-0.15, -0.1) is 0 Å². The number of nitrogens with zero attached hydrogens (tertiary/aromatic N) is 3. The molecule has 1 spiro atoms. The van der Waals surface area contributed by atoms with Crippen molar-refractivity contribution in [2.45, 2.75) is 25.2 Å². The van der Waals surface area contributed by atoms with E-state index in [1.165, 1.54) is 17.0 Å². The maximum atomic E-state index is 15.6. The molecule has 3 heterocycles. The van der Waals surface area contributed by atoms with Crippen LogP contribution >= 0.6 is 0 Å². The minimum atomic E-state index is -1.55. The second-order valence-corrected chi connectivity index (χ2v) is 7.30. The Hall–Kier alpha value is -3.75. The summed E-state index contributed by atoms with van der Waals surface area (Å²) in [7, 11) is 0. The molecule has 0 bridgehead atoms. The summed E-state index contributed by atoms with van der Waals surface area (Å²) in [5, 5.41) is 5.66. The Balaban J connectivity index is 1.69. The third kappa shape index (κ3) is 2.36. The average molecular weight is 392 g/mol. The lowest BCUT2D eigenvalue weighted by Crippen LogP contribution is -2.49. The van der Waals surface area contributed by atoms with Crippen LogP contribution in [0.4, 0.5) is 21.7 Å². The van der Waals surface area contributed by atoms with Crippen molar-refractivity contribution in [3.63, 3.8) is 0 Å². The van der Waals surface area contributed by atoms with Gasteiger partial charge in [-0.3, -0.25) is 14.2 Å². The monoisotopic (exact) mass is 392 g/mol. The van der Waals surface area contributed by atoms with Crippen molar-refractivity contribution in [2.24, 2.45) is 0 Å². The van der Waals surface area contributed by atoms with Crippen molar-refractivity contribution >= 4 is 23.2 Å². The number of amides is 1. The summed E-state index contributed by atoms with van der Waals surface area (Å²) in [6.07, 6.45) is -0.0921. The Kier molecular flexibility index (Phi) is 3.51. The zero-order chi connectivity index (χ0) is 20.3. The van der Waals surface area contributed by atoms with Crippen molar-refractivity contribution < 1.29 is 9.18 Å². The molecule has 0 fully saturated rings. The van der Waals surface area contributed by atoms with Gasteiger partial charge in [-0.1, -0.05) is 24.3 Å². The number of aryl methyl sites for hydroxylation is 1. The van der Waals surface area contributed by atoms with Gasteiger partial charge in [0, 0.05) is 12.5 Å². The van der Waals surface area contributed by atoms with Crippen LogP contribution in [0.3, 0.4) is 0 Å². The number of carbonyl (C=O) groups is 1. The molecular formula is C20H17FN6O2. The fraction of sp³-hybridized carbons (Fsp3) is 0.200. The fourth-order valence-electron chi connectivity index (χ4n) is 4.27. The number of rotatable bonds is 2. The Morgan fingerprint density at radius 1 is 1.28 bits per heavy atom. The van der Waals surface area contributed by atoms with Crippen molar-refractivity contribution in [3.8, 4) is 0 Å². The van der Waals surface area contributed by atoms with Gasteiger partial charge in [-0.25, -0.2) is 14.4 Å². The number of hydrogen-bond donors (Lipinski definition) is 3. The van der Waals surface area contributed by atoms with E-state index in [4.69, 9.17) is 5.73 Å². The number of halogens is 1. The third-order valence-electron chi connectivity index (χ3n) is 5.49. The van der Waals surface area contributed by atoms with Gasteiger partial charge in [0.2, 0.25) is 0 Å². The van der Waals surface area contributed by atoms with E-state index in [0.717, 1.165) is 5.56 Å². The molecule has 2 aliphatic rings. The van der Waals surface area contributed by atoms with Crippen molar-refractivity contribution in [1.82, 2.24) is 19.9 Å². The normalized spacial score (nSPS) is 21.7. The average Bonchev–Trinajstić information content (AvgIpc) is 3.14. The molecule has 0 radical (unpaired) electrons. The van der Waals surface area contributed by atoms with Crippen LogP contribution in [0.2, 0.25) is 0 Å².